The molecule has 9 N–H and O–H groups in total. The lowest BCUT2D eigenvalue weighted by Crippen LogP contribution is -2.52. The number of hydrogen-bond acceptors (Lipinski definition) is 15. The van der Waals surface area contributed by atoms with Crippen LogP contribution >= 0.6 is 0 Å². The van der Waals surface area contributed by atoms with Gasteiger partial charge in [0.15, 0.2) is 0 Å². The van der Waals surface area contributed by atoms with Crippen LogP contribution in [0.2, 0.25) is 0 Å². The second-order valence-corrected chi connectivity index (χ2v) is 17.3. The zero-order valence-electron chi connectivity index (χ0n) is 39.1. The predicted octanol–water partition coefficient (Wildman–Crippen LogP) is -1.21. The van der Waals surface area contributed by atoms with Gasteiger partial charge < -0.3 is 56.3 Å². The number of H-pyrrole nitrogens is 1. The van der Waals surface area contributed by atoms with Crippen molar-refractivity contribution in [2.24, 2.45) is 0 Å². The molecule has 1 unspecified atom stereocenters. The molecule has 2 atom stereocenters. The number of carbonyl (C=O) groups excluding carboxylic acids is 4. The molecule has 71 heavy (non-hydrogen) atoms. The summed E-state index contributed by atoms with van der Waals surface area (Å²) in [6, 6.07) is 11.6. The molecule has 2 aliphatic heterocycles. The number of nitrogens with zero attached hydrogens (tertiary/aromatic N) is 7. The van der Waals surface area contributed by atoms with E-state index in [2.05, 4.69) is 25.9 Å². The Morgan fingerprint density at radius 2 is 1.30 bits per heavy atom. The van der Waals surface area contributed by atoms with Crippen LogP contribution in [0.25, 0.3) is 0 Å². The lowest BCUT2D eigenvalue weighted by atomic mass is 10.1. The highest BCUT2D eigenvalue weighted by Crippen LogP contribution is 2.27. The first-order valence-corrected chi connectivity index (χ1v) is 23.0. The minimum absolute atomic E-state index is 0.00739. The molecule has 0 aliphatic carbocycles. The van der Waals surface area contributed by atoms with E-state index in [1.807, 2.05) is 30.3 Å². The lowest BCUT2D eigenvalue weighted by Gasteiger charge is -2.33. The van der Waals surface area contributed by atoms with E-state index in [4.69, 9.17) is 0 Å². The number of fused-ring (bicyclic) bond motifs is 1. The predicted molar refractivity (Wildman–Crippen MR) is 251 cm³/mol. The molecular weight excluding hydrogens is 931 g/mol. The maximum Gasteiger partial charge on any atom is 0.317 e. The lowest BCUT2D eigenvalue weighted by molar-refractivity contribution is -0.141. The van der Waals surface area contributed by atoms with Crippen molar-refractivity contribution in [3.05, 3.63) is 83.4 Å². The molecule has 1 aromatic heterocycles. The fourth-order valence-corrected chi connectivity index (χ4v) is 8.22. The molecule has 1 fully saturated rings. The first-order valence-electron chi connectivity index (χ1n) is 23.0. The fraction of sp³-hybridized carbons (Fsp3) is 0.478. The Labute approximate surface area is 408 Å². The van der Waals surface area contributed by atoms with Gasteiger partial charge in [0, 0.05) is 102 Å². The second kappa shape index (κ2) is 27.1. The number of carboxylic acids is 5. The van der Waals surface area contributed by atoms with Crippen molar-refractivity contribution in [3.63, 3.8) is 0 Å². The SMILES string of the molecule is O=C(O)CC1Nc2ccc(C(=O)N(Cc3ccccc3)Cc3ncc[nH]3)cc2CN(CCCNC(=O)[C@H](CC(=O)O)NC(=O)CN2CCN(CC(=O)O)CCN(CC(=O)O)CCN(CC(=O)O)CC2)C1=O. The summed E-state index contributed by atoms with van der Waals surface area (Å²) < 4.78 is 0. The molecule has 4 amide bonds. The first kappa shape index (κ1) is 54.5. The highest BCUT2D eigenvalue weighted by molar-refractivity contribution is 5.96. The second-order valence-electron chi connectivity index (χ2n) is 17.3. The number of amides is 4. The van der Waals surface area contributed by atoms with Crippen LogP contribution < -0.4 is 16.0 Å². The van der Waals surface area contributed by atoms with Crippen LogP contribution in [0.15, 0.2) is 60.9 Å². The van der Waals surface area contributed by atoms with E-state index in [1.54, 1.807) is 55.1 Å². The van der Waals surface area contributed by atoms with Crippen molar-refractivity contribution in [2.75, 3.05) is 96.9 Å². The molecule has 0 bridgehead atoms. The Kier molecular flexibility index (Phi) is 20.8. The molecule has 1 saturated heterocycles. The number of rotatable bonds is 23. The van der Waals surface area contributed by atoms with Gasteiger partial charge in [-0.05, 0) is 35.7 Å². The molecule has 5 rings (SSSR count). The number of hydrogen-bond donors (Lipinski definition) is 9. The summed E-state index contributed by atoms with van der Waals surface area (Å²) in [6.45, 7) is -0.0301. The van der Waals surface area contributed by atoms with Crippen molar-refractivity contribution < 1.29 is 68.7 Å². The molecule has 2 aliphatic rings. The summed E-state index contributed by atoms with van der Waals surface area (Å²) in [5.41, 5.74) is 2.19. The standard InChI is InChI=1S/C46H61N11O14/c58-38(27-52-13-15-53(28-41(63)64)17-19-55(30-43(67)68)20-18-54(16-14-52)29-42(65)66)51-35(22-39(59)60)44(69)49-9-4-12-56-25-33-21-32(7-8-34(33)50-36(46(56)71)23-40(61)62)45(70)57(26-37-47-10-11-48-37)24-31-5-2-1-3-6-31/h1-3,5-8,10-11,21,35-36,50H,4,9,12-20,22-30H2,(H,47,48)(H,49,69)(H,51,58)(H,59,60)(H,61,62)(H,63,64)(H,65,66)(H,67,68)/t35-,36?/m0/s1. The van der Waals surface area contributed by atoms with Crippen LogP contribution in [0.5, 0.6) is 0 Å². The molecule has 25 heteroatoms. The molecule has 25 nitrogen and oxygen atoms in total. The van der Waals surface area contributed by atoms with E-state index in [9.17, 15) is 68.7 Å². The Hall–Kier alpha value is -7.48. The van der Waals surface area contributed by atoms with Gasteiger partial charge in [-0.1, -0.05) is 30.3 Å². The topological polar surface area (TPSA) is 339 Å². The van der Waals surface area contributed by atoms with Gasteiger partial charge >= 0.3 is 29.8 Å². The van der Waals surface area contributed by atoms with Crippen molar-refractivity contribution in [3.8, 4) is 0 Å². The van der Waals surface area contributed by atoms with Gasteiger partial charge in [0.1, 0.15) is 17.9 Å². The molecule has 2 aromatic carbocycles. The van der Waals surface area contributed by atoms with Crippen LogP contribution in [-0.2, 0) is 58.0 Å². The minimum Gasteiger partial charge on any atom is -0.481 e. The number of aliphatic carboxylic acids is 5. The van der Waals surface area contributed by atoms with Crippen LogP contribution in [0.4, 0.5) is 5.69 Å². The Bertz CT molecular complexity index is 2300. The van der Waals surface area contributed by atoms with Crippen LogP contribution in [0, 0.1) is 0 Å². The van der Waals surface area contributed by atoms with E-state index in [0.717, 1.165) is 5.56 Å². The van der Waals surface area contributed by atoms with E-state index in [1.165, 1.54) is 4.90 Å². The van der Waals surface area contributed by atoms with Gasteiger partial charge in [0.2, 0.25) is 17.7 Å². The van der Waals surface area contributed by atoms with Crippen molar-refractivity contribution >= 4 is 59.2 Å². The zero-order valence-corrected chi connectivity index (χ0v) is 39.1. The largest absolute Gasteiger partial charge is 0.481 e. The average molecular weight is 992 g/mol. The van der Waals surface area contributed by atoms with Crippen molar-refractivity contribution in [2.45, 2.75) is 51.0 Å². The van der Waals surface area contributed by atoms with Gasteiger partial charge in [-0.15, -0.1) is 0 Å². The maximum absolute atomic E-state index is 14.1. The fourth-order valence-electron chi connectivity index (χ4n) is 8.22. The molecule has 3 aromatic rings. The van der Waals surface area contributed by atoms with Crippen LogP contribution in [0.1, 0.15) is 46.6 Å². The maximum atomic E-state index is 14.1. The normalized spacial score (nSPS) is 17.0. The summed E-state index contributed by atoms with van der Waals surface area (Å²) in [6.07, 6.45) is 2.01. The van der Waals surface area contributed by atoms with Gasteiger partial charge in [-0.25, -0.2) is 4.98 Å². The number of carbonyl (C=O) groups is 9. The third-order valence-corrected chi connectivity index (χ3v) is 11.7. The third-order valence-electron chi connectivity index (χ3n) is 11.7. The minimum atomic E-state index is -1.54. The molecule has 3 heterocycles. The smallest absolute Gasteiger partial charge is 0.317 e. The van der Waals surface area contributed by atoms with E-state index in [-0.39, 0.29) is 124 Å². The molecule has 384 valence electrons. The number of anilines is 1. The summed E-state index contributed by atoms with van der Waals surface area (Å²) in [7, 11) is 0. The van der Waals surface area contributed by atoms with Crippen LogP contribution in [0.3, 0.4) is 0 Å². The number of carboxylic acid groups (broad SMARTS) is 5. The summed E-state index contributed by atoms with van der Waals surface area (Å²) in [5, 5.41) is 55.9. The quantitative estimate of drug-likeness (QED) is 0.0504. The molecule has 0 saturated carbocycles. The highest BCUT2D eigenvalue weighted by atomic mass is 16.4. The van der Waals surface area contributed by atoms with Crippen molar-refractivity contribution in [1.29, 1.82) is 0 Å². The van der Waals surface area contributed by atoms with E-state index < -0.39 is 72.5 Å². The van der Waals surface area contributed by atoms with Gasteiger partial charge in [0.05, 0.1) is 45.6 Å². The van der Waals surface area contributed by atoms with E-state index >= 15 is 0 Å². The van der Waals surface area contributed by atoms with E-state index in [0.29, 0.717) is 22.6 Å². The number of nitrogens with one attached hydrogen (secondary N) is 4. The number of aromatic nitrogens is 2. The monoisotopic (exact) mass is 991 g/mol. The average Bonchev–Trinajstić information content (AvgIpc) is 3.78. The first-order chi connectivity index (χ1) is 33.9. The molecule has 0 spiro atoms. The van der Waals surface area contributed by atoms with Crippen molar-refractivity contribution in [1.82, 2.24) is 50.0 Å². The molecular formula is C46H61N11O14. The zero-order chi connectivity index (χ0) is 51.5. The number of aromatic amines is 1. The third kappa shape index (κ3) is 18.4. The summed E-state index contributed by atoms with van der Waals surface area (Å²) in [5.74, 6) is -7.85. The highest BCUT2D eigenvalue weighted by Gasteiger charge is 2.32. The number of imidazole rings is 1. The Balaban J connectivity index is 1.23. The Morgan fingerprint density at radius 1 is 0.718 bits per heavy atom. The number of benzene rings is 2. The van der Waals surface area contributed by atoms with Gasteiger partial charge in [-0.3, -0.25) is 62.8 Å². The summed E-state index contributed by atoms with van der Waals surface area (Å²) in [4.78, 5) is 130. The van der Waals surface area contributed by atoms with Gasteiger partial charge in [-0.2, -0.15) is 0 Å². The Morgan fingerprint density at radius 3 is 1.82 bits per heavy atom. The van der Waals surface area contributed by atoms with Gasteiger partial charge in [0.25, 0.3) is 5.91 Å². The molecule has 0 radical (unpaired) electrons. The summed E-state index contributed by atoms with van der Waals surface area (Å²) >= 11 is 0. The van der Waals surface area contributed by atoms with Crippen LogP contribution in [-0.4, -0.2) is 222 Å².